The summed E-state index contributed by atoms with van der Waals surface area (Å²) < 4.78 is 34.3. The van der Waals surface area contributed by atoms with E-state index in [2.05, 4.69) is 25.2 Å². The van der Waals surface area contributed by atoms with Crippen LogP contribution in [0.25, 0.3) is 0 Å². The average Bonchev–Trinajstić information content (AvgIpc) is 2.97. The molecule has 0 aliphatic carbocycles. The van der Waals surface area contributed by atoms with Gasteiger partial charge in [-0.15, -0.1) is 0 Å². The van der Waals surface area contributed by atoms with Gasteiger partial charge in [0.25, 0.3) is 10.0 Å². The number of ether oxygens (including phenoxy) is 1. The van der Waals surface area contributed by atoms with Crippen molar-refractivity contribution in [1.82, 2.24) is 25.2 Å². The normalized spacial score (nSPS) is 11.4. The summed E-state index contributed by atoms with van der Waals surface area (Å²) in [5, 5.41) is 11.2. The molecule has 0 unspecified atom stereocenters. The lowest BCUT2D eigenvalue weighted by molar-refractivity contribution is 0.402. The molecule has 0 aliphatic rings. The second-order valence-electron chi connectivity index (χ2n) is 4.87. The molecule has 2 aromatic heterocycles. The van der Waals surface area contributed by atoms with E-state index >= 15 is 0 Å². The van der Waals surface area contributed by atoms with Gasteiger partial charge >= 0.3 is 6.01 Å². The predicted molar refractivity (Wildman–Crippen MR) is 95.4 cm³/mol. The number of nitrogens with one attached hydrogen (secondary N) is 1. The Labute approximate surface area is 162 Å². The van der Waals surface area contributed by atoms with Gasteiger partial charge in [-0.1, -0.05) is 39.9 Å². The summed E-state index contributed by atoms with van der Waals surface area (Å²) in [6.45, 7) is 0. The Hall–Kier alpha value is -2.14. The van der Waals surface area contributed by atoms with Crippen molar-refractivity contribution >= 4 is 50.5 Å². The number of aromatic nitrogens is 5. The molecule has 13 heteroatoms. The van der Waals surface area contributed by atoms with E-state index in [1.165, 1.54) is 35.1 Å². The number of tetrazole rings is 1. The average molecular weight is 436 g/mol. The standard InChI is InChI=1S/C13H9Cl3N6O3S/c1-22-13(18-20-21-22)25-12-11(4-7(14)6-17-12)19-26(23,24)8-2-3-9(15)10(16)5-8/h2-6,19H,1H3. The van der Waals surface area contributed by atoms with Crippen molar-refractivity contribution in [1.29, 1.82) is 0 Å². The first kappa shape index (κ1) is 18.6. The number of pyridine rings is 1. The fraction of sp³-hybridized carbons (Fsp3) is 0.0769. The first-order chi connectivity index (χ1) is 12.3. The van der Waals surface area contributed by atoms with Crippen molar-refractivity contribution in [3.05, 3.63) is 45.5 Å². The Morgan fingerprint density at radius 1 is 1.15 bits per heavy atom. The van der Waals surface area contributed by atoms with Gasteiger partial charge in [-0.25, -0.2) is 13.4 Å². The Morgan fingerprint density at radius 3 is 2.58 bits per heavy atom. The number of rotatable bonds is 5. The zero-order valence-corrected chi connectivity index (χ0v) is 16.0. The second-order valence-corrected chi connectivity index (χ2v) is 7.81. The lowest BCUT2D eigenvalue weighted by Crippen LogP contribution is -2.14. The van der Waals surface area contributed by atoms with E-state index in [4.69, 9.17) is 39.5 Å². The molecule has 0 atom stereocenters. The second kappa shape index (κ2) is 7.23. The van der Waals surface area contributed by atoms with Crippen molar-refractivity contribution in [2.24, 2.45) is 7.05 Å². The Kier molecular flexibility index (Phi) is 5.19. The summed E-state index contributed by atoms with van der Waals surface area (Å²) in [6.07, 6.45) is 1.29. The van der Waals surface area contributed by atoms with Gasteiger partial charge in [-0.05, 0) is 34.7 Å². The molecule has 0 bridgehead atoms. The minimum atomic E-state index is -4.01. The molecular weight excluding hydrogens is 427 g/mol. The van der Waals surface area contributed by atoms with E-state index in [1.807, 2.05) is 0 Å². The van der Waals surface area contributed by atoms with Crippen LogP contribution in [0.15, 0.2) is 35.4 Å². The molecule has 0 aliphatic heterocycles. The maximum atomic E-state index is 12.6. The van der Waals surface area contributed by atoms with Crippen LogP contribution < -0.4 is 9.46 Å². The van der Waals surface area contributed by atoms with E-state index in [0.717, 1.165) is 0 Å². The highest BCUT2D eigenvalue weighted by Crippen LogP contribution is 2.31. The van der Waals surface area contributed by atoms with E-state index < -0.39 is 10.0 Å². The number of hydrogen-bond acceptors (Lipinski definition) is 7. The highest BCUT2D eigenvalue weighted by Gasteiger charge is 2.20. The fourth-order valence-electron chi connectivity index (χ4n) is 1.82. The highest BCUT2D eigenvalue weighted by atomic mass is 35.5. The van der Waals surface area contributed by atoms with Gasteiger partial charge in [-0.2, -0.15) is 4.68 Å². The number of anilines is 1. The van der Waals surface area contributed by atoms with Gasteiger partial charge in [0.1, 0.15) is 5.69 Å². The van der Waals surface area contributed by atoms with Gasteiger partial charge in [-0.3, -0.25) is 4.72 Å². The number of aryl methyl sites for hydroxylation is 1. The van der Waals surface area contributed by atoms with Crippen LogP contribution in [-0.2, 0) is 17.1 Å². The molecule has 0 fully saturated rings. The number of nitrogens with zero attached hydrogens (tertiary/aromatic N) is 5. The van der Waals surface area contributed by atoms with E-state index in [9.17, 15) is 8.42 Å². The maximum absolute atomic E-state index is 12.6. The molecule has 0 saturated heterocycles. The third kappa shape index (κ3) is 3.98. The van der Waals surface area contributed by atoms with E-state index in [-0.39, 0.29) is 37.5 Å². The molecule has 136 valence electrons. The van der Waals surface area contributed by atoms with Crippen LogP contribution >= 0.6 is 34.8 Å². The molecule has 9 nitrogen and oxygen atoms in total. The monoisotopic (exact) mass is 434 g/mol. The molecule has 1 aromatic carbocycles. The largest absolute Gasteiger partial charge is 0.402 e. The molecule has 2 heterocycles. The molecule has 0 spiro atoms. The number of halogens is 3. The summed E-state index contributed by atoms with van der Waals surface area (Å²) in [5.41, 5.74) is -0.00780. The molecule has 0 amide bonds. The lowest BCUT2D eigenvalue weighted by atomic mass is 10.4. The zero-order chi connectivity index (χ0) is 18.9. The molecule has 0 radical (unpaired) electrons. The van der Waals surface area contributed by atoms with E-state index in [0.29, 0.717) is 0 Å². The van der Waals surface area contributed by atoms with Crippen LogP contribution in [0.5, 0.6) is 11.9 Å². The minimum absolute atomic E-state index is 0.00780. The van der Waals surface area contributed by atoms with Gasteiger partial charge in [0, 0.05) is 13.2 Å². The van der Waals surface area contributed by atoms with Crippen LogP contribution in [-0.4, -0.2) is 33.6 Å². The molecule has 3 aromatic rings. The number of hydrogen-bond donors (Lipinski definition) is 1. The molecule has 1 N–H and O–H groups in total. The van der Waals surface area contributed by atoms with Gasteiger partial charge in [0.05, 0.1) is 20.0 Å². The Bertz CT molecular complexity index is 1070. The SMILES string of the molecule is Cn1nnnc1Oc1ncc(Cl)cc1NS(=O)(=O)c1ccc(Cl)c(Cl)c1. The number of sulfonamides is 1. The first-order valence-corrected chi connectivity index (χ1v) is 9.41. The maximum Gasteiger partial charge on any atom is 0.342 e. The Balaban J connectivity index is 1.96. The molecular formula is C13H9Cl3N6O3S. The van der Waals surface area contributed by atoms with E-state index in [1.54, 1.807) is 7.05 Å². The van der Waals surface area contributed by atoms with Crippen molar-refractivity contribution in [3.63, 3.8) is 0 Å². The topological polar surface area (TPSA) is 112 Å². The van der Waals surface area contributed by atoms with Crippen LogP contribution in [0.2, 0.25) is 15.1 Å². The van der Waals surface area contributed by atoms with Crippen molar-refractivity contribution in [3.8, 4) is 11.9 Å². The first-order valence-electron chi connectivity index (χ1n) is 6.80. The fourth-order valence-corrected chi connectivity index (χ4v) is 3.42. The Morgan fingerprint density at radius 2 is 1.92 bits per heavy atom. The summed E-state index contributed by atoms with van der Waals surface area (Å²) in [4.78, 5) is 3.87. The quantitative estimate of drug-likeness (QED) is 0.655. The summed E-state index contributed by atoms with van der Waals surface area (Å²) in [7, 11) is -2.46. The summed E-state index contributed by atoms with van der Waals surface area (Å²) in [5.74, 6) is -0.0871. The zero-order valence-electron chi connectivity index (χ0n) is 12.9. The van der Waals surface area contributed by atoms with Crippen molar-refractivity contribution in [2.45, 2.75) is 4.90 Å². The lowest BCUT2D eigenvalue weighted by Gasteiger charge is -2.12. The molecule has 0 saturated carbocycles. The van der Waals surface area contributed by atoms with Gasteiger partial charge in [0.15, 0.2) is 0 Å². The molecule has 3 rings (SSSR count). The van der Waals surface area contributed by atoms with Crippen LogP contribution in [0.4, 0.5) is 5.69 Å². The van der Waals surface area contributed by atoms with Crippen LogP contribution in [0.3, 0.4) is 0 Å². The third-order valence-electron chi connectivity index (χ3n) is 3.03. The predicted octanol–water partition coefficient (Wildman–Crippen LogP) is 3.16. The summed E-state index contributed by atoms with van der Waals surface area (Å²) >= 11 is 17.6. The van der Waals surface area contributed by atoms with Crippen LogP contribution in [0.1, 0.15) is 0 Å². The molecule has 26 heavy (non-hydrogen) atoms. The summed E-state index contributed by atoms with van der Waals surface area (Å²) in [6, 6.07) is 5.24. The minimum Gasteiger partial charge on any atom is -0.402 e. The van der Waals surface area contributed by atoms with Gasteiger partial charge in [0.2, 0.25) is 5.88 Å². The van der Waals surface area contributed by atoms with Gasteiger partial charge < -0.3 is 4.74 Å². The van der Waals surface area contributed by atoms with Crippen molar-refractivity contribution < 1.29 is 13.2 Å². The third-order valence-corrected chi connectivity index (χ3v) is 5.34. The van der Waals surface area contributed by atoms with Crippen molar-refractivity contribution in [2.75, 3.05) is 4.72 Å². The van der Waals surface area contributed by atoms with Crippen LogP contribution in [0, 0.1) is 0 Å². The number of benzene rings is 1. The smallest absolute Gasteiger partial charge is 0.342 e. The highest BCUT2D eigenvalue weighted by molar-refractivity contribution is 7.92.